The molecule has 3 heteroatoms. The SMILES string of the molecule is O=CC(=O)C1CCN(C=Cc2ccccc2)CC1c1ccccc1. The fourth-order valence-electron chi connectivity index (χ4n) is 3.33. The van der Waals surface area contributed by atoms with Crippen molar-refractivity contribution < 1.29 is 9.59 Å². The van der Waals surface area contributed by atoms with Crippen LogP contribution >= 0.6 is 0 Å². The van der Waals surface area contributed by atoms with E-state index < -0.39 is 0 Å². The first-order chi connectivity index (χ1) is 11.8. The summed E-state index contributed by atoms with van der Waals surface area (Å²) >= 11 is 0. The number of benzene rings is 2. The molecule has 0 aromatic heterocycles. The Bertz CT molecular complexity index is 709. The number of aldehydes is 1. The summed E-state index contributed by atoms with van der Waals surface area (Å²) in [6.07, 6.45) is 5.36. The van der Waals surface area contributed by atoms with E-state index in [0.29, 0.717) is 12.7 Å². The molecule has 2 unspecified atom stereocenters. The minimum Gasteiger partial charge on any atom is -0.377 e. The molecule has 0 N–H and O–H groups in total. The highest BCUT2D eigenvalue weighted by atomic mass is 16.2. The summed E-state index contributed by atoms with van der Waals surface area (Å²) < 4.78 is 0. The summed E-state index contributed by atoms with van der Waals surface area (Å²) in [6, 6.07) is 20.2. The third-order valence-electron chi connectivity index (χ3n) is 4.63. The van der Waals surface area contributed by atoms with Gasteiger partial charge in [0.2, 0.25) is 0 Å². The number of nitrogens with zero attached hydrogens (tertiary/aromatic N) is 1. The van der Waals surface area contributed by atoms with Gasteiger partial charge in [0.05, 0.1) is 0 Å². The van der Waals surface area contributed by atoms with Crippen LogP contribution in [0.2, 0.25) is 0 Å². The lowest BCUT2D eigenvalue weighted by Gasteiger charge is -2.37. The van der Waals surface area contributed by atoms with Crippen molar-refractivity contribution in [2.24, 2.45) is 5.92 Å². The Morgan fingerprint density at radius 1 is 1.00 bits per heavy atom. The second-order valence-electron chi connectivity index (χ2n) is 6.15. The number of carbonyl (C=O) groups excluding carboxylic acids is 2. The van der Waals surface area contributed by atoms with E-state index in [-0.39, 0.29) is 17.6 Å². The average molecular weight is 319 g/mol. The van der Waals surface area contributed by atoms with Crippen LogP contribution in [0.5, 0.6) is 0 Å². The van der Waals surface area contributed by atoms with Crippen LogP contribution in [0.3, 0.4) is 0 Å². The van der Waals surface area contributed by atoms with Crippen molar-refractivity contribution in [3.63, 3.8) is 0 Å². The molecule has 0 spiro atoms. The zero-order chi connectivity index (χ0) is 16.8. The first kappa shape index (κ1) is 16.2. The molecule has 1 heterocycles. The molecule has 2 aromatic rings. The van der Waals surface area contributed by atoms with Crippen molar-refractivity contribution in [2.75, 3.05) is 13.1 Å². The smallest absolute Gasteiger partial charge is 0.198 e. The number of hydrogen-bond donors (Lipinski definition) is 0. The van der Waals surface area contributed by atoms with Gasteiger partial charge >= 0.3 is 0 Å². The van der Waals surface area contributed by atoms with E-state index in [9.17, 15) is 9.59 Å². The summed E-state index contributed by atoms with van der Waals surface area (Å²) in [7, 11) is 0. The molecule has 3 nitrogen and oxygen atoms in total. The van der Waals surface area contributed by atoms with Gasteiger partial charge in [-0.3, -0.25) is 9.59 Å². The van der Waals surface area contributed by atoms with E-state index in [2.05, 4.69) is 29.3 Å². The molecule has 0 aliphatic carbocycles. The molecule has 0 amide bonds. The van der Waals surface area contributed by atoms with E-state index >= 15 is 0 Å². The maximum atomic E-state index is 12.0. The molecule has 1 fully saturated rings. The van der Waals surface area contributed by atoms with Gasteiger partial charge in [0.15, 0.2) is 12.1 Å². The standard InChI is InChI=1S/C21H21NO2/c23-16-21(24)19-12-14-22(13-11-17-7-3-1-4-8-17)15-20(19)18-9-5-2-6-10-18/h1-11,13,16,19-20H,12,14-15H2. The van der Waals surface area contributed by atoms with Crippen LogP contribution in [-0.4, -0.2) is 30.1 Å². The highest BCUT2D eigenvalue weighted by Gasteiger charge is 2.33. The van der Waals surface area contributed by atoms with Crippen molar-refractivity contribution in [1.29, 1.82) is 0 Å². The molecule has 0 saturated carbocycles. The van der Waals surface area contributed by atoms with E-state index in [1.165, 1.54) is 0 Å². The van der Waals surface area contributed by atoms with Gasteiger partial charge in [-0.05, 0) is 29.8 Å². The maximum Gasteiger partial charge on any atom is 0.198 e. The molecule has 3 rings (SSSR count). The van der Waals surface area contributed by atoms with Gasteiger partial charge < -0.3 is 4.90 Å². The fourth-order valence-corrected chi connectivity index (χ4v) is 3.33. The van der Waals surface area contributed by atoms with Gasteiger partial charge in [0.25, 0.3) is 0 Å². The Morgan fingerprint density at radius 3 is 2.33 bits per heavy atom. The highest BCUT2D eigenvalue weighted by molar-refractivity contribution is 6.26. The van der Waals surface area contributed by atoms with Gasteiger partial charge in [0.1, 0.15) is 0 Å². The quantitative estimate of drug-likeness (QED) is 0.625. The van der Waals surface area contributed by atoms with Crippen molar-refractivity contribution in [1.82, 2.24) is 4.90 Å². The second kappa shape index (κ2) is 7.73. The molecule has 1 saturated heterocycles. The third kappa shape index (κ3) is 3.80. The second-order valence-corrected chi connectivity index (χ2v) is 6.15. The van der Waals surface area contributed by atoms with E-state index in [0.717, 1.165) is 24.2 Å². The number of rotatable bonds is 5. The minimum absolute atomic E-state index is 0.0538. The van der Waals surface area contributed by atoms with Crippen molar-refractivity contribution in [3.8, 4) is 0 Å². The summed E-state index contributed by atoms with van der Waals surface area (Å²) in [5.41, 5.74) is 2.27. The summed E-state index contributed by atoms with van der Waals surface area (Å²) in [5.74, 6) is -0.445. The number of hydrogen-bond acceptors (Lipinski definition) is 3. The Balaban J connectivity index is 1.78. The largest absolute Gasteiger partial charge is 0.377 e. The Hall–Kier alpha value is -2.68. The number of ketones is 1. The molecule has 2 aromatic carbocycles. The van der Waals surface area contributed by atoms with Gasteiger partial charge in [-0.1, -0.05) is 60.7 Å². The Labute approximate surface area is 142 Å². The first-order valence-electron chi connectivity index (χ1n) is 8.29. The van der Waals surface area contributed by atoms with Crippen molar-refractivity contribution in [2.45, 2.75) is 12.3 Å². The van der Waals surface area contributed by atoms with E-state index in [4.69, 9.17) is 0 Å². The Morgan fingerprint density at radius 2 is 1.67 bits per heavy atom. The normalized spacial score (nSPS) is 20.9. The van der Waals surface area contributed by atoms with Crippen LogP contribution in [0.25, 0.3) is 6.08 Å². The summed E-state index contributed by atoms with van der Waals surface area (Å²) in [4.78, 5) is 25.3. The van der Waals surface area contributed by atoms with Crippen LogP contribution in [0.1, 0.15) is 23.5 Å². The first-order valence-corrected chi connectivity index (χ1v) is 8.29. The predicted octanol–water partition coefficient (Wildman–Crippen LogP) is 3.53. The zero-order valence-electron chi connectivity index (χ0n) is 13.5. The average Bonchev–Trinajstić information content (AvgIpc) is 2.67. The number of likely N-dealkylation sites (tertiary alicyclic amines) is 1. The summed E-state index contributed by atoms with van der Waals surface area (Å²) in [5, 5.41) is 0. The van der Waals surface area contributed by atoms with Gasteiger partial charge in [-0.15, -0.1) is 0 Å². The molecule has 122 valence electrons. The monoisotopic (exact) mass is 319 g/mol. The lowest BCUT2D eigenvalue weighted by molar-refractivity contribution is -0.133. The van der Waals surface area contributed by atoms with Crippen molar-refractivity contribution in [3.05, 3.63) is 78.0 Å². The van der Waals surface area contributed by atoms with E-state index in [1.54, 1.807) is 0 Å². The zero-order valence-corrected chi connectivity index (χ0v) is 13.5. The lowest BCUT2D eigenvalue weighted by Crippen LogP contribution is -2.39. The van der Waals surface area contributed by atoms with Gasteiger partial charge in [0, 0.05) is 24.9 Å². The number of carbonyl (C=O) groups is 2. The number of piperidine rings is 1. The molecule has 1 aliphatic rings. The number of Topliss-reactive ketones (excluding diaryl/α,β-unsaturated/α-hetero) is 1. The fraction of sp³-hybridized carbons (Fsp3) is 0.238. The van der Waals surface area contributed by atoms with Crippen LogP contribution in [0.15, 0.2) is 66.9 Å². The lowest BCUT2D eigenvalue weighted by atomic mass is 9.78. The Kier molecular flexibility index (Phi) is 5.22. The molecular weight excluding hydrogens is 298 g/mol. The van der Waals surface area contributed by atoms with Crippen LogP contribution in [0.4, 0.5) is 0 Å². The highest BCUT2D eigenvalue weighted by Crippen LogP contribution is 2.33. The van der Waals surface area contributed by atoms with Gasteiger partial charge in [-0.2, -0.15) is 0 Å². The maximum absolute atomic E-state index is 12.0. The predicted molar refractivity (Wildman–Crippen MR) is 95.4 cm³/mol. The van der Waals surface area contributed by atoms with Crippen LogP contribution in [0, 0.1) is 5.92 Å². The molecule has 0 bridgehead atoms. The van der Waals surface area contributed by atoms with Crippen LogP contribution < -0.4 is 0 Å². The molecule has 1 aliphatic heterocycles. The molecule has 0 radical (unpaired) electrons. The van der Waals surface area contributed by atoms with Crippen molar-refractivity contribution >= 4 is 18.1 Å². The minimum atomic E-state index is -0.282. The molecule has 2 atom stereocenters. The topological polar surface area (TPSA) is 37.4 Å². The van der Waals surface area contributed by atoms with Gasteiger partial charge in [-0.25, -0.2) is 0 Å². The van der Waals surface area contributed by atoms with Crippen LogP contribution in [-0.2, 0) is 9.59 Å². The molecular formula is C21H21NO2. The van der Waals surface area contributed by atoms with E-state index in [1.807, 2.05) is 48.5 Å². The third-order valence-corrected chi connectivity index (χ3v) is 4.63. The summed E-state index contributed by atoms with van der Waals surface area (Å²) in [6.45, 7) is 1.54. The molecule has 24 heavy (non-hydrogen) atoms.